The van der Waals surface area contributed by atoms with Gasteiger partial charge in [-0.05, 0) is 63.8 Å². The molecule has 1 saturated carbocycles. The lowest BCUT2D eigenvalue weighted by Crippen LogP contribution is -2.68. The molecule has 2 amide bonds. The average Bonchev–Trinajstić information content (AvgIpc) is 2.83. The smallest absolute Gasteiger partial charge is 0.329 e. The highest BCUT2D eigenvalue weighted by Gasteiger charge is 2.62. The van der Waals surface area contributed by atoms with E-state index in [9.17, 15) is 23.5 Å². The highest BCUT2D eigenvalue weighted by molar-refractivity contribution is 5.88. The van der Waals surface area contributed by atoms with Crippen LogP contribution in [0.2, 0.25) is 0 Å². The molecular weight excluding hydrogens is 482 g/mol. The number of ether oxygens (including phenoxy) is 2. The maximum Gasteiger partial charge on any atom is 0.329 e. The number of aliphatic carboxylic acids is 1. The third-order valence-electron chi connectivity index (χ3n) is 6.73. The van der Waals surface area contributed by atoms with E-state index in [1.165, 1.54) is 4.90 Å². The molecule has 1 aliphatic carbocycles. The zero-order chi connectivity index (χ0) is 27.2. The van der Waals surface area contributed by atoms with E-state index < -0.39 is 42.3 Å². The molecule has 1 unspecified atom stereocenters. The Morgan fingerprint density at radius 3 is 2.14 bits per heavy atom. The molecule has 37 heavy (non-hydrogen) atoms. The van der Waals surface area contributed by atoms with E-state index in [4.69, 9.17) is 9.47 Å². The van der Waals surface area contributed by atoms with E-state index in [1.807, 2.05) is 70.2 Å². The average molecular weight is 519 g/mol. The number of carbonyl (C=O) groups excluding carboxylic acids is 1. The van der Waals surface area contributed by atoms with Crippen molar-refractivity contribution in [3.63, 3.8) is 0 Å². The SMILES string of the molecule is CCOc1cc(C(C)N(CCCc2ccccc2)C(=O)NC2(C(=O)O)CC(F)(F)C2)cc(OCC)c1C. The van der Waals surface area contributed by atoms with Gasteiger partial charge in [0.05, 0.1) is 19.3 Å². The Morgan fingerprint density at radius 2 is 1.65 bits per heavy atom. The van der Waals surface area contributed by atoms with Crippen LogP contribution in [0.3, 0.4) is 0 Å². The number of alkyl halides is 2. The van der Waals surface area contributed by atoms with Crippen LogP contribution in [0.1, 0.15) is 62.8 Å². The van der Waals surface area contributed by atoms with Gasteiger partial charge in [0.2, 0.25) is 0 Å². The Kier molecular flexibility index (Phi) is 8.99. The number of carboxylic acids is 1. The first-order chi connectivity index (χ1) is 17.5. The molecule has 2 aromatic carbocycles. The minimum atomic E-state index is -3.12. The topological polar surface area (TPSA) is 88.1 Å². The molecule has 1 atom stereocenters. The summed E-state index contributed by atoms with van der Waals surface area (Å²) in [6.45, 7) is 8.64. The molecule has 0 saturated heterocycles. The summed E-state index contributed by atoms with van der Waals surface area (Å²) < 4.78 is 38.9. The van der Waals surface area contributed by atoms with Crippen LogP contribution in [-0.4, -0.2) is 53.2 Å². The Balaban J connectivity index is 1.89. The predicted octanol–water partition coefficient (Wildman–Crippen LogP) is 5.75. The summed E-state index contributed by atoms with van der Waals surface area (Å²) in [4.78, 5) is 26.8. The van der Waals surface area contributed by atoms with Crippen molar-refractivity contribution >= 4 is 12.0 Å². The highest BCUT2D eigenvalue weighted by atomic mass is 19.3. The van der Waals surface area contributed by atoms with Crippen molar-refractivity contribution < 1.29 is 33.0 Å². The van der Waals surface area contributed by atoms with Gasteiger partial charge in [-0.25, -0.2) is 18.4 Å². The number of aryl methyl sites for hydroxylation is 1. The number of benzene rings is 2. The summed E-state index contributed by atoms with van der Waals surface area (Å²) in [5.74, 6) is -3.33. The quantitative estimate of drug-likeness (QED) is 0.374. The molecule has 0 radical (unpaired) electrons. The van der Waals surface area contributed by atoms with Crippen LogP contribution in [0.15, 0.2) is 42.5 Å². The van der Waals surface area contributed by atoms with Crippen molar-refractivity contribution in [2.45, 2.75) is 70.9 Å². The van der Waals surface area contributed by atoms with Gasteiger partial charge in [0.25, 0.3) is 5.92 Å². The Bertz CT molecular complexity index is 1060. The zero-order valence-electron chi connectivity index (χ0n) is 21.9. The minimum absolute atomic E-state index is 0.287. The van der Waals surface area contributed by atoms with Crippen molar-refractivity contribution in [1.29, 1.82) is 0 Å². The van der Waals surface area contributed by atoms with Gasteiger partial charge in [-0.3, -0.25) is 0 Å². The summed E-state index contributed by atoms with van der Waals surface area (Å²) >= 11 is 0. The third kappa shape index (κ3) is 6.70. The van der Waals surface area contributed by atoms with Gasteiger partial charge < -0.3 is 24.8 Å². The number of urea groups is 1. The molecule has 202 valence electrons. The molecule has 0 aromatic heterocycles. The summed E-state index contributed by atoms with van der Waals surface area (Å²) in [5.41, 5.74) is 0.679. The number of carboxylic acid groups (broad SMARTS) is 1. The lowest BCUT2D eigenvalue weighted by atomic mass is 9.73. The summed E-state index contributed by atoms with van der Waals surface area (Å²) in [7, 11) is 0. The number of hydrogen-bond donors (Lipinski definition) is 2. The van der Waals surface area contributed by atoms with E-state index in [0.717, 1.165) is 16.7 Å². The van der Waals surface area contributed by atoms with Gasteiger partial charge in [-0.1, -0.05) is 30.3 Å². The Hall–Kier alpha value is -3.36. The Morgan fingerprint density at radius 1 is 1.08 bits per heavy atom. The first-order valence-electron chi connectivity index (χ1n) is 12.7. The van der Waals surface area contributed by atoms with Crippen molar-refractivity contribution in [1.82, 2.24) is 10.2 Å². The molecule has 1 aliphatic rings. The third-order valence-corrected chi connectivity index (χ3v) is 6.73. The number of carbonyl (C=O) groups is 2. The lowest BCUT2D eigenvalue weighted by molar-refractivity contribution is -0.175. The Labute approximate surface area is 216 Å². The predicted molar refractivity (Wildman–Crippen MR) is 136 cm³/mol. The first kappa shape index (κ1) is 28.2. The van der Waals surface area contributed by atoms with Crippen LogP contribution >= 0.6 is 0 Å². The second-order valence-corrected chi connectivity index (χ2v) is 9.49. The molecule has 0 aliphatic heterocycles. The zero-order valence-corrected chi connectivity index (χ0v) is 21.9. The minimum Gasteiger partial charge on any atom is -0.493 e. The van der Waals surface area contributed by atoms with E-state index in [1.54, 1.807) is 0 Å². The second-order valence-electron chi connectivity index (χ2n) is 9.49. The number of nitrogens with one attached hydrogen (secondary N) is 1. The molecule has 2 aromatic rings. The van der Waals surface area contributed by atoms with E-state index in [0.29, 0.717) is 37.6 Å². The number of halogens is 2. The van der Waals surface area contributed by atoms with Crippen molar-refractivity contribution in [3.05, 3.63) is 59.2 Å². The maximum atomic E-state index is 13.7. The number of hydrogen-bond acceptors (Lipinski definition) is 4. The summed E-state index contributed by atoms with van der Waals surface area (Å²) in [6.07, 6.45) is -0.566. The lowest BCUT2D eigenvalue weighted by Gasteiger charge is -2.45. The molecule has 2 N–H and O–H groups in total. The number of rotatable bonds is 12. The summed E-state index contributed by atoms with van der Waals surface area (Å²) in [6, 6.07) is 12.3. The highest BCUT2D eigenvalue weighted by Crippen LogP contribution is 2.46. The first-order valence-corrected chi connectivity index (χ1v) is 12.7. The van der Waals surface area contributed by atoms with Gasteiger partial charge >= 0.3 is 12.0 Å². The molecule has 0 bridgehead atoms. The van der Waals surface area contributed by atoms with Crippen molar-refractivity contribution in [2.75, 3.05) is 19.8 Å². The molecule has 0 heterocycles. The molecule has 7 nitrogen and oxygen atoms in total. The van der Waals surface area contributed by atoms with Crippen LogP contribution in [0.4, 0.5) is 13.6 Å². The number of amides is 2. The van der Waals surface area contributed by atoms with Gasteiger partial charge in [0, 0.05) is 24.9 Å². The largest absolute Gasteiger partial charge is 0.493 e. The fraction of sp³-hybridized carbons (Fsp3) is 0.500. The molecule has 1 fully saturated rings. The summed E-state index contributed by atoms with van der Waals surface area (Å²) in [5, 5.41) is 12.1. The van der Waals surface area contributed by atoms with Gasteiger partial charge in [0.15, 0.2) is 5.54 Å². The van der Waals surface area contributed by atoms with Crippen LogP contribution < -0.4 is 14.8 Å². The molecule has 9 heteroatoms. The van der Waals surface area contributed by atoms with Crippen molar-refractivity contribution in [3.8, 4) is 11.5 Å². The standard InChI is InChI=1S/C28H36F2N2O5/c1-5-36-23-15-22(16-24(19(23)3)37-6-2)20(4)32(14-10-13-21-11-8-7-9-12-21)26(35)31-27(25(33)34)17-28(29,30)18-27/h7-9,11-12,15-16,20H,5-6,10,13-14,17-18H2,1-4H3,(H,31,35)(H,33,34). The molecular formula is C28H36F2N2O5. The monoisotopic (exact) mass is 518 g/mol. The van der Waals surface area contributed by atoms with E-state index in [2.05, 4.69) is 5.32 Å². The fourth-order valence-corrected chi connectivity index (χ4v) is 4.68. The molecule has 3 rings (SSSR count). The fourth-order valence-electron chi connectivity index (χ4n) is 4.68. The van der Waals surface area contributed by atoms with Gasteiger partial charge in [-0.2, -0.15) is 0 Å². The normalized spacial score (nSPS) is 16.3. The maximum absolute atomic E-state index is 13.7. The van der Waals surface area contributed by atoms with Crippen LogP contribution in [0, 0.1) is 6.92 Å². The molecule has 0 spiro atoms. The second kappa shape index (κ2) is 11.8. The van der Waals surface area contributed by atoms with Crippen LogP contribution in [0.25, 0.3) is 0 Å². The van der Waals surface area contributed by atoms with Gasteiger partial charge in [-0.15, -0.1) is 0 Å². The van der Waals surface area contributed by atoms with E-state index >= 15 is 0 Å². The van der Waals surface area contributed by atoms with Crippen LogP contribution in [-0.2, 0) is 11.2 Å². The van der Waals surface area contributed by atoms with E-state index in [-0.39, 0.29) is 6.54 Å². The van der Waals surface area contributed by atoms with Crippen molar-refractivity contribution in [2.24, 2.45) is 0 Å². The van der Waals surface area contributed by atoms with Gasteiger partial charge in [0.1, 0.15) is 11.5 Å². The van der Waals surface area contributed by atoms with Crippen LogP contribution in [0.5, 0.6) is 11.5 Å². The number of nitrogens with zero attached hydrogens (tertiary/aromatic N) is 1.